The van der Waals surface area contributed by atoms with Crippen LogP contribution in [0.15, 0.2) is 59.5 Å². The molecule has 7 nitrogen and oxygen atoms in total. The number of halogens is 1. The van der Waals surface area contributed by atoms with E-state index in [9.17, 15) is 18.0 Å². The van der Waals surface area contributed by atoms with Crippen LogP contribution >= 0.6 is 11.6 Å². The minimum Gasteiger partial charge on any atom is -0.454 e. The van der Waals surface area contributed by atoms with Crippen molar-refractivity contribution in [3.63, 3.8) is 0 Å². The Balaban J connectivity index is 1.80. The highest BCUT2D eigenvalue weighted by molar-refractivity contribution is 7.92. The highest BCUT2D eigenvalue weighted by atomic mass is 35.5. The van der Waals surface area contributed by atoms with Gasteiger partial charge in [0.1, 0.15) is 0 Å². The molecule has 3 rings (SSSR count). The number of carbonyl (C=O) groups is 2. The lowest BCUT2D eigenvalue weighted by Gasteiger charge is -2.20. The highest BCUT2D eigenvalue weighted by Gasteiger charge is 2.25. The Labute approximate surface area is 198 Å². The fourth-order valence-corrected chi connectivity index (χ4v) is 5.03. The van der Waals surface area contributed by atoms with Gasteiger partial charge in [0.2, 0.25) is 5.78 Å². The van der Waals surface area contributed by atoms with Crippen LogP contribution in [0.3, 0.4) is 0 Å². The van der Waals surface area contributed by atoms with Crippen molar-refractivity contribution < 1.29 is 22.7 Å². The molecule has 0 unspecified atom stereocenters. The molecule has 9 heteroatoms. The number of benzene rings is 2. The van der Waals surface area contributed by atoms with Crippen LogP contribution in [-0.4, -0.2) is 38.4 Å². The first-order chi connectivity index (χ1) is 15.6. The maximum Gasteiger partial charge on any atom is 0.340 e. The lowest BCUT2D eigenvalue weighted by Crippen LogP contribution is -2.26. The molecular formula is C24H25ClN2O5S. The number of ether oxygens (including phenoxy) is 1. The van der Waals surface area contributed by atoms with E-state index >= 15 is 0 Å². The average molecular weight is 489 g/mol. The number of aryl methyl sites for hydroxylation is 1. The van der Waals surface area contributed by atoms with E-state index in [1.165, 1.54) is 19.2 Å². The monoisotopic (exact) mass is 488 g/mol. The maximum absolute atomic E-state index is 13.0. The predicted octanol–water partition coefficient (Wildman–Crippen LogP) is 4.64. The molecule has 174 valence electrons. The van der Waals surface area contributed by atoms with Crippen molar-refractivity contribution in [3.8, 4) is 0 Å². The molecule has 0 aliphatic rings. The van der Waals surface area contributed by atoms with Crippen molar-refractivity contribution in [1.82, 2.24) is 4.57 Å². The van der Waals surface area contributed by atoms with Crippen molar-refractivity contribution in [1.29, 1.82) is 0 Å². The number of aromatic nitrogens is 1. The molecule has 0 amide bonds. The van der Waals surface area contributed by atoms with Crippen LogP contribution in [0.2, 0.25) is 5.02 Å². The minimum absolute atomic E-state index is 0.0259. The van der Waals surface area contributed by atoms with Gasteiger partial charge in [-0.25, -0.2) is 13.2 Å². The molecule has 0 radical (unpaired) electrons. The third kappa shape index (κ3) is 4.96. The lowest BCUT2D eigenvalue weighted by atomic mass is 10.1. The van der Waals surface area contributed by atoms with Crippen LogP contribution in [0.25, 0.3) is 0 Å². The molecule has 0 bridgehead atoms. The van der Waals surface area contributed by atoms with E-state index in [4.69, 9.17) is 16.3 Å². The molecule has 0 saturated carbocycles. The number of esters is 1. The number of carbonyl (C=O) groups excluding carboxylic acids is 2. The maximum atomic E-state index is 13.0. The van der Waals surface area contributed by atoms with Crippen LogP contribution in [0.1, 0.15) is 39.0 Å². The van der Waals surface area contributed by atoms with Gasteiger partial charge in [-0.2, -0.15) is 0 Å². The van der Waals surface area contributed by atoms with Gasteiger partial charge in [0.05, 0.1) is 21.2 Å². The molecular weight excluding hydrogens is 464 g/mol. The van der Waals surface area contributed by atoms with Gasteiger partial charge in [-0.1, -0.05) is 29.8 Å². The molecule has 0 aliphatic heterocycles. The summed E-state index contributed by atoms with van der Waals surface area (Å²) in [5.74, 6) is -1.23. The first kappa shape index (κ1) is 24.5. The first-order valence-electron chi connectivity index (χ1n) is 10.3. The number of rotatable bonds is 8. The number of ketones is 1. The van der Waals surface area contributed by atoms with Crippen LogP contribution in [0.4, 0.5) is 5.69 Å². The second-order valence-electron chi connectivity index (χ2n) is 7.48. The predicted molar refractivity (Wildman–Crippen MR) is 128 cm³/mol. The van der Waals surface area contributed by atoms with Crippen molar-refractivity contribution in [2.75, 3.05) is 18.0 Å². The van der Waals surface area contributed by atoms with Gasteiger partial charge in [-0.3, -0.25) is 9.10 Å². The van der Waals surface area contributed by atoms with Gasteiger partial charge in [0.15, 0.2) is 6.61 Å². The number of hydrogen-bond acceptors (Lipinski definition) is 5. The second kappa shape index (κ2) is 9.80. The summed E-state index contributed by atoms with van der Waals surface area (Å²) in [5.41, 5.74) is 2.55. The smallest absolute Gasteiger partial charge is 0.340 e. The molecule has 0 spiro atoms. The number of hydrogen-bond donors (Lipinski definition) is 0. The Morgan fingerprint density at radius 2 is 1.70 bits per heavy atom. The molecule has 0 aliphatic carbocycles. The third-order valence-electron chi connectivity index (χ3n) is 5.46. The fraction of sp³-hybridized carbons (Fsp3) is 0.250. The zero-order chi connectivity index (χ0) is 24.3. The molecule has 1 heterocycles. The zero-order valence-electron chi connectivity index (χ0n) is 18.8. The molecule has 2 aromatic carbocycles. The normalized spacial score (nSPS) is 11.3. The third-order valence-corrected chi connectivity index (χ3v) is 7.57. The minimum atomic E-state index is -3.95. The van der Waals surface area contributed by atoms with Crippen LogP contribution in [-0.2, 0) is 21.3 Å². The summed E-state index contributed by atoms with van der Waals surface area (Å²) in [4.78, 5) is 25.2. The quantitative estimate of drug-likeness (QED) is 0.340. The summed E-state index contributed by atoms with van der Waals surface area (Å²) in [6, 6.07) is 14.1. The second-order valence-corrected chi connectivity index (χ2v) is 9.85. The lowest BCUT2D eigenvalue weighted by molar-refractivity contribution is 0.0474. The molecule has 3 aromatic rings. The van der Waals surface area contributed by atoms with E-state index in [1.54, 1.807) is 36.4 Å². The molecule has 0 saturated heterocycles. The van der Waals surface area contributed by atoms with E-state index in [0.29, 0.717) is 11.3 Å². The van der Waals surface area contributed by atoms with Gasteiger partial charge < -0.3 is 9.30 Å². The zero-order valence-corrected chi connectivity index (χ0v) is 20.4. The van der Waals surface area contributed by atoms with Crippen molar-refractivity contribution in [2.45, 2.75) is 32.2 Å². The van der Waals surface area contributed by atoms with E-state index in [2.05, 4.69) is 0 Å². The van der Waals surface area contributed by atoms with Gasteiger partial charge >= 0.3 is 5.97 Å². The molecule has 1 aromatic heterocycles. The summed E-state index contributed by atoms with van der Waals surface area (Å²) in [6.07, 6.45) is 0. The topological polar surface area (TPSA) is 85.7 Å². The molecule has 0 atom stereocenters. The molecule has 33 heavy (non-hydrogen) atoms. The van der Waals surface area contributed by atoms with Gasteiger partial charge in [0.25, 0.3) is 10.0 Å². The number of nitrogens with zero attached hydrogens (tertiary/aromatic N) is 2. The van der Waals surface area contributed by atoms with Gasteiger partial charge in [-0.15, -0.1) is 0 Å². The van der Waals surface area contributed by atoms with Gasteiger partial charge in [-0.05, 0) is 57.2 Å². The van der Waals surface area contributed by atoms with Crippen molar-refractivity contribution in [3.05, 3.63) is 82.1 Å². The summed E-state index contributed by atoms with van der Waals surface area (Å²) in [6.45, 7) is 5.95. The number of para-hydroxylation sites is 1. The molecule has 0 N–H and O–H groups in total. The Hall–Kier alpha value is -3.10. The largest absolute Gasteiger partial charge is 0.454 e. The summed E-state index contributed by atoms with van der Waals surface area (Å²) < 4.78 is 34.4. The summed E-state index contributed by atoms with van der Waals surface area (Å²) in [5, 5.41) is 0.0259. The highest BCUT2D eigenvalue weighted by Crippen LogP contribution is 2.26. The fourth-order valence-electron chi connectivity index (χ4n) is 3.61. The van der Waals surface area contributed by atoms with E-state index in [1.807, 2.05) is 25.3 Å². The van der Waals surface area contributed by atoms with E-state index in [-0.39, 0.29) is 21.3 Å². The van der Waals surface area contributed by atoms with E-state index < -0.39 is 22.6 Å². The number of anilines is 1. The Morgan fingerprint density at radius 3 is 2.30 bits per heavy atom. The Morgan fingerprint density at radius 1 is 1.03 bits per heavy atom. The number of sulfonamides is 1. The standard InChI is InChI=1S/C24H25ClN2O5S/c1-5-27-16(2)13-20(17(27)3)23(28)15-32-24(29)21-14-19(11-12-22(21)25)33(30,31)26(4)18-9-7-6-8-10-18/h6-14H,5,15H2,1-4H3. The first-order valence-corrected chi connectivity index (χ1v) is 12.1. The number of Topliss-reactive ketones (excluding diaryl/α,β-unsaturated/α-hetero) is 1. The summed E-state index contributed by atoms with van der Waals surface area (Å²) in [7, 11) is -2.53. The SMILES string of the molecule is CCn1c(C)cc(C(=O)COC(=O)c2cc(S(=O)(=O)N(C)c3ccccc3)ccc2Cl)c1C. The van der Waals surface area contributed by atoms with Crippen LogP contribution in [0, 0.1) is 13.8 Å². The summed E-state index contributed by atoms with van der Waals surface area (Å²) >= 11 is 6.14. The van der Waals surface area contributed by atoms with Crippen LogP contribution < -0.4 is 4.31 Å². The Bertz CT molecular complexity index is 1300. The van der Waals surface area contributed by atoms with Crippen LogP contribution in [0.5, 0.6) is 0 Å². The van der Waals surface area contributed by atoms with Crippen molar-refractivity contribution >= 4 is 39.1 Å². The van der Waals surface area contributed by atoms with Gasteiger partial charge in [0, 0.05) is 30.5 Å². The Kier molecular flexibility index (Phi) is 7.29. The molecule has 0 fully saturated rings. The van der Waals surface area contributed by atoms with Crippen molar-refractivity contribution in [2.24, 2.45) is 0 Å². The van der Waals surface area contributed by atoms with E-state index in [0.717, 1.165) is 28.3 Å². The average Bonchev–Trinajstić information content (AvgIpc) is 3.10.